The van der Waals surface area contributed by atoms with E-state index in [4.69, 9.17) is 0 Å². The van der Waals surface area contributed by atoms with Gasteiger partial charge in [0, 0.05) is 12.1 Å². The Morgan fingerprint density at radius 1 is 1.06 bits per heavy atom. The molecule has 2 heteroatoms. The van der Waals surface area contributed by atoms with E-state index in [9.17, 15) is 0 Å². The molecule has 17 heavy (non-hydrogen) atoms. The van der Waals surface area contributed by atoms with Gasteiger partial charge in [0.1, 0.15) is 0 Å². The number of piperidine rings is 1. The Bertz CT molecular complexity index is 193. The first-order valence-electron chi connectivity index (χ1n) is 7.87. The molecule has 1 atom stereocenters. The second kappa shape index (κ2) is 7.38. The van der Waals surface area contributed by atoms with Gasteiger partial charge in [0.25, 0.3) is 0 Å². The van der Waals surface area contributed by atoms with Crippen LogP contribution < -0.4 is 5.32 Å². The molecule has 1 aliphatic carbocycles. The zero-order valence-corrected chi connectivity index (χ0v) is 11.6. The predicted molar refractivity (Wildman–Crippen MR) is 74.4 cm³/mol. The molecule has 0 aromatic carbocycles. The summed E-state index contributed by atoms with van der Waals surface area (Å²) in [5.41, 5.74) is 0. The molecule has 1 N–H and O–H groups in total. The molecule has 1 saturated heterocycles. The Balaban J connectivity index is 1.61. The molecule has 2 fully saturated rings. The Morgan fingerprint density at radius 3 is 2.47 bits per heavy atom. The van der Waals surface area contributed by atoms with Crippen molar-refractivity contribution < 1.29 is 0 Å². The van der Waals surface area contributed by atoms with Gasteiger partial charge >= 0.3 is 0 Å². The Hall–Kier alpha value is -0.0800. The molecule has 2 nitrogen and oxygen atoms in total. The van der Waals surface area contributed by atoms with Crippen molar-refractivity contribution in [3.8, 4) is 0 Å². The normalized spacial score (nSPS) is 26.8. The molecule has 0 amide bonds. The first kappa shape index (κ1) is 13.4. The van der Waals surface area contributed by atoms with Gasteiger partial charge in [-0.05, 0) is 58.2 Å². The van der Waals surface area contributed by atoms with Crippen LogP contribution in [0.4, 0.5) is 0 Å². The van der Waals surface area contributed by atoms with Gasteiger partial charge in [-0.1, -0.05) is 26.2 Å². The summed E-state index contributed by atoms with van der Waals surface area (Å²) in [6.45, 7) is 6.17. The molecule has 1 unspecified atom stereocenters. The van der Waals surface area contributed by atoms with E-state index in [1.165, 1.54) is 77.4 Å². The standard InChI is InChI=1S/C15H30N2/c1-2-17(15-10-3-4-11-15)13-7-9-14-8-5-6-12-16-14/h14-16H,2-13H2,1H3. The van der Waals surface area contributed by atoms with Crippen LogP contribution >= 0.6 is 0 Å². The Morgan fingerprint density at radius 2 is 1.82 bits per heavy atom. The topological polar surface area (TPSA) is 15.3 Å². The highest BCUT2D eigenvalue weighted by Gasteiger charge is 2.21. The molecule has 1 aliphatic heterocycles. The lowest BCUT2D eigenvalue weighted by Gasteiger charge is -2.29. The maximum Gasteiger partial charge on any atom is 0.00951 e. The lowest BCUT2D eigenvalue weighted by Crippen LogP contribution is -2.37. The molecule has 100 valence electrons. The summed E-state index contributed by atoms with van der Waals surface area (Å²) in [6.07, 6.45) is 12.9. The molecular formula is C15H30N2. The van der Waals surface area contributed by atoms with Crippen LogP contribution in [-0.2, 0) is 0 Å². The van der Waals surface area contributed by atoms with E-state index < -0.39 is 0 Å². The second-order valence-electron chi connectivity index (χ2n) is 5.86. The smallest absolute Gasteiger partial charge is 0.00951 e. The monoisotopic (exact) mass is 238 g/mol. The molecule has 2 aliphatic rings. The van der Waals surface area contributed by atoms with E-state index in [0.717, 1.165) is 12.1 Å². The maximum absolute atomic E-state index is 3.66. The van der Waals surface area contributed by atoms with Crippen molar-refractivity contribution >= 4 is 0 Å². The van der Waals surface area contributed by atoms with Crippen molar-refractivity contribution in [2.24, 2.45) is 0 Å². The molecule has 0 aromatic rings. The van der Waals surface area contributed by atoms with Crippen molar-refractivity contribution in [2.45, 2.75) is 76.8 Å². The SMILES string of the molecule is CCN(CCCC1CCCCN1)C1CCCC1. The average molecular weight is 238 g/mol. The number of rotatable bonds is 6. The molecule has 0 bridgehead atoms. The van der Waals surface area contributed by atoms with Gasteiger partial charge in [0.2, 0.25) is 0 Å². The Kier molecular flexibility index (Phi) is 5.79. The van der Waals surface area contributed by atoms with Gasteiger partial charge in [-0.2, -0.15) is 0 Å². The largest absolute Gasteiger partial charge is 0.314 e. The summed E-state index contributed by atoms with van der Waals surface area (Å²) in [6, 6.07) is 1.74. The van der Waals surface area contributed by atoms with Crippen molar-refractivity contribution in [1.29, 1.82) is 0 Å². The first-order chi connectivity index (χ1) is 8.40. The van der Waals surface area contributed by atoms with Crippen LogP contribution in [0, 0.1) is 0 Å². The summed E-state index contributed by atoms with van der Waals surface area (Å²) in [5, 5.41) is 3.66. The third kappa shape index (κ3) is 4.26. The lowest BCUT2D eigenvalue weighted by atomic mass is 10.0. The van der Waals surface area contributed by atoms with Crippen LogP contribution in [0.25, 0.3) is 0 Å². The minimum absolute atomic E-state index is 0.825. The van der Waals surface area contributed by atoms with Crippen molar-refractivity contribution in [3.63, 3.8) is 0 Å². The summed E-state index contributed by atoms with van der Waals surface area (Å²) in [5.74, 6) is 0. The van der Waals surface area contributed by atoms with Crippen molar-refractivity contribution in [1.82, 2.24) is 10.2 Å². The van der Waals surface area contributed by atoms with E-state index in [-0.39, 0.29) is 0 Å². The molecular weight excluding hydrogens is 208 g/mol. The van der Waals surface area contributed by atoms with E-state index in [0.29, 0.717) is 0 Å². The molecule has 0 spiro atoms. The predicted octanol–water partition coefficient (Wildman–Crippen LogP) is 3.17. The van der Waals surface area contributed by atoms with Crippen LogP contribution in [0.2, 0.25) is 0 Å². The highest BCUT2D eigenvalue weighted by Crippen LogP contribution is 2.23. The van der Waals surface area contributed by atoms with Gasteiger partial charge in [0.15, 0.2) is 0 Å². The zero-order chi connectivity index (χ0) is 11.9. The van der Waals surface area contributed by atoms with Gasteiger partial charge < -0.3 is 10.2 Å². The number of nitrogens with zero attached hydrogens (tertiary/aromatic N) is 1. The van der Waals surface area contributed by atoms with Crippen LogP contribution in [0.5, 0.6) is 0 Å². The minimum Gasteiger partial charge on any atom is -0.314 e. The summed E-state index contributed by atoms with van der Waals surface area (Å²) >= 11 is 0. The van der Waals surface area contributed by atoms with E-state index in [1.807, 2.05) is 0 Å². The van der Waals surface area contributed by atoms with Gasteiger partial charge in [0.05, 0.1) is 0 Å². The number of hydrogen-bond donors (Lipinski definition) is 1. The van der Waals surface area contributed by atoms with E-state index >= 15 is 0 Å². The fourth-order valence-corrected chi connectivity index (χ4v) is 3.58. The van der Waals surface area contributed by atoms with Gasteiger partial charge in [-0.15, -0.1) is 0 Å². The Labute approximate surface area is 107 Å². The van der Waals surface area contributed by atoms with Crippen LogP contribution in [0.15, 0.2) is 0 Å². The third-order valence-electron chi connectivity index (χ3n) is 4.66. The van der Waals surface area contributed by atoms with Crippen LogP contribution in [0.1, 0.15) is 64.7 Å². The highest BCUT2D eigenvalue weighted by molar-refractivity contribution is 4.78. The third-order valence-corrected chi connectivity index (χ3v) is 4.66. The lowest BCUT2D eigenvalue weighted by molar-refractivity contribution is 0.200. The van der Waals surface area contributed by atoms with Crippen molar-refractivity contribution in [2.75, 3.05) is 19.6 Å². The zero-order valence-electron chi connectivity index (χ0n) is 11.6. The van der Waals surface area contributed by atoms with Crippen LogP contribution in [-0.4, -0.2) is 36.6 Å². The molecule has 0 aromatic heterocycles. The molecule has 1 saturated carbocycles. The summed E-state index contributed by atoms with van der Waals surface area (Å²) < 4.78 is 0. The first-order valence-corrected chi connectivity index (χ1v) is 7.87. The number of hydrogen-bond acceptors (Lipinski definition) is 2. The number of nitrogens with one attached hydrogen (secondary N) is 1. The summed E-state index contributed by atoms with van der Waals surface area (Å²) in [7, 11) is 0. The molecule has 0 radical (unpaired) electrons. The maximum atomic E-state index is 3.66. The average Bonchev–Trinajstić information content (AvgIpc) is 2.90. The van der Waals surface area contributed by atoms with Crippen LogP contribution in [0.3, 0.4) is 0 Å². The summed E-state index contributed by atoms with van der Waals surface area (Å²) in [4.78, 5) is 2.73. The fraction of sp³-hybridized carbons (Fsp3) is 1.00. The fourth-order valence-electron chi connectivity index (χ4n) is 3.58. The minimum atomic E-state index is 0.825. The highest BCUT2D eigenvalue weighted by atomic mass is 15.1. The quantitative estimate of drug-likeness (QED) is 0.764. The second-order valence-corrected chi connectivity index (χ2v) is 5.86. The van der Waals surface area contributed by atoms with Gasteiger partial charge in [-0.3, -0.25) is 0 Å². The van der Waals surface area contributed by atoms with E-state index in [1.54, 1.807) is 0 Å². The van der Waals surface area contributed by atoms with E-state index in [2.05, 4.69) is 17.1 Å². The molecule has 1 heterocycles. The van der Waals surface area contributed by atoms with Gasteiger partial charge in [-0.25, -0.2) is 0 Å². The molecule has 2 rings (SSSR count). The van der Waals surface area contributed by atoms with Crippen molar-refractivity contribution in [3.05, 3.63) is 0 Å².